The first-order valence-corrected chi connectivity index (χ1v) is 12.9. The third-order valence-corrected chi connectivity index (χ3v) is 7.64. The van der Waals surface area contributed by atoms with Crippen LogP contribution in [0, 0.1) is 0 Å². The van der Waals surface area contributed by atoms with Crippen LogP contribution in [0.3, 0.4) is 0 Å². The van der Waals surface area contributed by atoms with Crippen molar-refractivity contribution < 1.29 is 4.74 Å². The lowest BCUT2D eigenvalue weighted by molar-refractivity contribution is 0.0302. The van der Waals surface area contributed by atoms with Gasteiger partial charge in [0, 0.05) is 54.4 Å². The molecule has 0 saturated carbocycles. The Labute approximate surface area is 218 Å². The van der Waals surface area contributed by atoms with Gasteiger partial charge in [0.25, 0.3) is 0 Å². The molecule has 9 heteroatoms. The fourth-order valence-electron chi connectivity index (χ4n) is 5.84. The molecule has 38 heavy (non-hydrogen) atoms. The van der Waals surface area contributed by atoms with Crippen LogP contribution in [0.4, 0.5) is 5.82 Å². The monoisotopic (exact) mass is 500 g/mol. The Morgan fingerprint density at radius 3 is 2.53 bits per heavy atom. The molecule has 0 spiro atoms. The molecule has 0 aliphatic carbocycles. The maximum Gasteiger partial charge on any atom is 0.164 e. The van der Waals surface area contributed by atoms with Gasteiger partial charge in [-0.1, -0.05) is 12.1 Å². The molecule has 2 saturated heterocycles. The molecule has 1 N–H and O–H groups in total. The van der Waals surface area contributed by atoms with Gasteiger partial charge in [0.2, 0.25) is 0 Å². The number of fused-ring (bicyclic) bond motifs is 4. The highest BCUT2D eigenvalue weighted by Crippen LogP contribution is 2.39. The van der Waals surface area contributed by atoms with Crippen LogP contribution < -0.4 is 4.90 Å². The number of benzene rings is 1. The lowest BCUT2D eigenvalue weighted by atomic mass is 9.99. The van der Waals surface area contributed by atoms with Gasteiger partial charge in [-0.3, -0.25) is 10.1 Å². The second-order valence-corrected chi connectivity index (χ2v) is 9.93. The molecule has 2 unspecified atom stereocenters. The summed E-state index contributed by atoms with van der Waals surface area (Å²) in [6, 6.07) is 16.3. The third kappa shape index (κ3) is 3.39. The van der Waals surface area contributed by atoms with E-state index in [2.05, 4.69) is 38.3 Å². The number of aromatic amines is 1. The number of hydrogen-bond donors (Lipinski definition) is 1. The van der Waals surface area contributed by atoms with Gasteiger partial charge in [0.05, 0.1) is 35.2 Å². The van der Waals surface area contributed by atoms with Crippen LogP contribution in [0.2, 0.25) is 0 Å². The Morgan fingerprint density at radius 1 is 0.842 bits per heavy atom. The van der Waals surface area contributed by atoms with Crippen molar-refractivity contribution in [3.05, 3.63) is 79.5 Å². The fraction of sp³-hybridized carbons (Fsp3) is 0.207. The Bertz CT molecular complexity index is 1760. The van der Waals surface area contributed by atoms with E-state index in [1.165, 1.54) is 0 Å². The average molecular weight is 501 g/mol. The first-order valence-electron chi connectivity index (χ1n) is 12.9. The highest BCUT2D eigenvalue weighted by Gasteiger charge is 2.34. The number of hydrogen-bond acceptors (Lipinski definition) is 7. The number of morpholine rings is 1. The molecule has 0 amide bonds. The molecular weight excluding hydrogens is 476 g/mol. The Balaban J connectivity index is 1.28. The van der Waals surface area contributed by atoms with Crippen LogP contribution in [0.25, 0.3) is 50.2 Å². The van der Waals surface area contributed by atoms with Crippen molar-refractivity contribution in [2.24, 2.45) is 0 Å². The first-order chi connectivity index (χ1) is 18.8. The number of rotatable bonds is 4. The number of nitrogens with one attached hydrogen (secondary N) is 1. The molecule has 186 valence electrons. The van der Waals surface area contributed by atoms with Gasteiger partial charge < -0.3 is 9.64 Å². The molecule has 2 atom stereocenters. The minimum absolute atomic E-state index is 0.323. The molecule has 2 bridgehead atoms. The number of aromatic nitrogens is 7. The van der Waals surface area contributed by atoms with Gasteiger partial charge in [0.15, 0.2) is 5.65 Å². The standard InChI is InChI=1S/C29H24N8O/c1-2-22(23-15-33-34-24(23)3-1)27-28(18-8-11-30-12-9-18)35-37-25(10-13-31-29(27)37)19-4-7-26(32-14-19)36-16-20-5-6-21(17-36)38-20/h1-4,7-15,20-21H,5-6,16-17H2,(H,33,34). The molecule has 8 rings (SSSR count). The highest BCUT2D eigenvalue weighted by molar-refractivity contribution is 6.02. The van der Waals surface area contributed by atoms with Crippen molar-refractivity contribution in [3.63, 3.8) is 0 Å². The first kappa shape index (κ1) is 21.5. The summed E-state index contributed by atoms with van der Waals surface area (Å²) in [4.78, 5) is 16.2. The third-order valence-electron chi connectivity index (χ3n) is 7.64. The average Bonchev–Trinajstić information content (AvgIpc) is 3.70. The van der Waals surface area contributed by atoms with Gasteiger partial charge in [-0.25, -0.2) is 14.5 Å². The number of nitrogens with zero attached hydrogens (tertiary/aromatic N) is 7. The van der Waals surface area contributed by atoms with E-state index in [1.807, 2.05) is 53.4 Å². The minimum atomic E-state index is 0.323. The van der Waals surface area contributed by atoms with Gasteiger partial charge in [0.1, 0.15) is 11.5 Å². The van der Waals surface area contributed by atoms with Gasteiger partial charge in [-0.15, -0.1) is 0 Å². The molecule has 1 aromatic carbocycles. The summed E-state index contributed by atoms with van der Waals surface area (Å²) < 4.78 is 7.93. The lowest BCUT2D eigenvalue weighted by Gasteiger charge is -2.33. The molecule has 5 aromatic heterocycles. The van der Waals surface area contributed by atoms with Crippen molar-refractivity contribution >= 4 is 22.4 Å². The fourth-order valence-corrected chi connectivity index (χ4v) is 5.84. The largest absolute Gasteiger partial charge is 0.371 e. The summed E-state index contributed by atoms with van der Waals surface area (Å²) in [5.74, 6) is 0.990. The van der Waals surface area contributed by atoms with E-state index >= 15 is 0 Å². The van der Waals surface area contributed by atoms with Crippen LogP contribution in [0.1, 0.15) is 12.8 Å². The summed E-state index contributed by atoms with van der Waals surface area (Å²) in [7, 11) is 0. The molecule has 2 aliphatic rings. The maximum absolute atomic E-state index is 6.00. The SMILES string of the molecule is c1cc(-c2c(-c3ccncc3)nn3c(-c4ccc(N5CC6CCC(C5)O6)nc4)ccnc23)c2cn[nH]c2c1. The molecular formula is C29H24N8O. The van der Waals surface area contributed by atoms with Crippen LogP contribution >= 0.6 is 0 Å². The van der Waals surface area contributed by atoms with Crippen molar-refractivity contribution in [1.82, 2.24) is 34.8 Å². The zero-order valence-corrected chi connectivity index (χ0v) is 20.5. The zero-order valence-electron chi connectivity index (χ0n) is 20.5. The Hall–Kier alpha value is -4.63. The summed E-state index contributed by atoms with van der Waals surface area (Å²) in [5.41, 5.74) is 7.45. The van der Waals surface area contributed by atoms with Crippen LogP contribution in [0.15, 0.2) is 79.5 Å². The minimum Gasteiger partial charge on any atom is -0.371 e. The van der Waals surface area contributed by atoms with Gasteiger partial charge in [-0.2, -0.15) is 10.2 Å². The topological polar surface area (TPSA) is 97.1 Å². The highest BCUT2D eigenvalue weighted by atomic mass is 16.5. The predicted molar refractivity (Wildman–Crippen MR) is 145 cm³/mol. The smallest absolute Gasteiger partial charge is 0.164 e. The molecule has 9 nitrogen and oxygen atoms in total. The van der Waals surface area contributed by atoms with Crippen molar-refractivity contribution in [3.8, 4) is 33.6 Å². The quantitative estimate of drug-likeness (QED) is 0.373. The second kappa shape index (κ2) is 8.46. The van der Waals surface area contributed by atoms with E-state index in [9.17, 15) is 0 Å². The zero-order chi connectivity index (χ0) is 25.1. The number of H-pyrrole nitrogens is 1. The molecule has 7 heterocycles. The van der Waals surface area contributed by atoms with Crippen molar-refractivity contribution in [1.29, 1.82) is 0 Å². The molecule has 2 fully saturated rings. The second-order valence-electron chi connectivity index (χ2n) is 9.93. The predicted octanol–water partition coefficient (Wildman–Crippen LogP) is 4.76. The van der Waals surface area contributed by atoms with Crippen molar-refractivity contribution in [2.45, 2.75) is 25.0 Å². The van der Waals surface area contributed by atoms with E-state index in [-0.39, 0.29) is 0 Å². The van der Waals surface area contributed by atoms with Gasteiger partial charge in [-0.05, 0) is 54.8 Å². The lowest BCUT2D eigenvalue weighted by Crippen LogP contribution is -2.43. The van der Waals surface area contributed by atoms with Gasteiger partial charge >= 0.3 is 0 Å². The summed E-state index contributed by atoms with van der Waals surface area (Å²) in [5, 5.41) is 13.5. The molecule has 0 radical (unpaired) electrons. The van der Waals surface area contributed by atoms with E-state index < -0.39 is 0 Å². The van der Waals surface area contributed by atoms with Crippen LogP contribution in [-0.4, -0.2) is 60.1 Å². The van der Waals surface area contributed by atoms with Crippen LogP contribution in [0.5, 0.6) is 0 Å². The van der Waals surface area contributed by atoms with Crippen LogP contribution in [-0.2, 0) is 4.74 Å². The number of anilines is 1. The van der Waals surface area contributed by atoms with E-state index in [4.69, 9.17) is 19.8 Å². The normalized spacial score (nSPS) is 19.0. The summed E-state index contributed by atoms with van der Waals surface area (Å²) in [6.45, 7) is 1.80. The van der Waals surface area contributed by atoms with Crippen molar-refractivity contribution in [2.75, 3.05) is 18.0 Å². The summed E-state index contributed by atoms with van der Waals surface area (Å²) in [6.07, 6.45) is 12.1. The molecule has 2 aliphatic heterocycles. The maximum atomic E-state index is 6.00. The molecule has 6 aromatic rings. The van der Waals surface area contributed by atoms with E-state index in [0.717, 1.165) is 81.9 Å². The number of ether oxygens (including phenoxy) is 1. The van der Waals surface area contributed by atoms with E-state index in [0.29, 0.717) is 12.2 Å². The van der Waals surface area contributed by atoms with E-state index in [1.54, 1.807) is 12.4 Å². The number of pyridine rings is 2. The Kier molecular flexibility index (Phi) is 4.78. The Morgan fingerprint density at radius 2 is 1.71 bits per heavy atom. The summed E-state index contributed by atoms with van der Waals surface area (Å²) >= 11 is 0.